The second-order valence-corrected chi connectivity index (χ2v) is 10.7. The first-order chi connectivity index (χ1) is 18.6. The van der Waals surface area contributed by atoms with Crippen LogP contribution in [0.3, 0.4) is 0 Å². The van der Waals surface area contributed by atoms with Crippen LogP contribution >= 0.6 is 0 Å². The summed E-state index contributed by atoms with van der Waals surface area (Å²) in [6.07, 6.45) is 1.89. The molecule has 39 heavy (non-hydrogen) atoms. The summed E-state index contributed by atoms with van der Waals surface area (Å²) >= 11 is 0. The number of carboxylic acids is 1. The number of carbonyl (C=O) groups excluding carboxylic acids is 2. The van der Waals surface area contributed by atoms with E-state index < -0.39 is 12.1 Å². The maximum Gasteiger partial charge on any atom is 0.411 e. The normalized spacial score (nSPS) is 14.8. The molecule has 1 heterocycles. The Labute approximate surface area is 229 Å². The molecule has 4 rings (SSSR count). The van der Waals surface area contributed by atoms with Crippen LogP contribution in [-0.4, -0.2) is 60.8 Å². The molecule has 0 radical (unpaired) electrons. The van der Waals surface area contributed by atoms with Gasteiger partial charge in [-0.2, -0.15) is 0 Å². The number of nitrogens with one attached hydrogen (secondary N) is 2. The first-order valence-electron chi connectivity index (χ1n) is 13.2. The quantitative estimate of drug-likeness (QED) is 0.323. The fourth-order valence-corrected chi connectivity index (χ4v) is 4.83. The number of carbonyl (C=O) groups is 3. The van der Waals surface area contributed by atoms with Crippen LogP contribution in [0.1, 0.15) is 40.7 Å². The highest BCUT2D eigenvalue weighted by atomic mass is 16.6. The van der Waals surface area contributed by atoms with E-state index in [0.29, 0.717) is 23.4 Å². The monoisotopic (exact) mass is 530 g/mol. The van der Waals surface area contributed by atoms with Crippen molar-refractivity contribution in [2.45, 2.75) is 38.7 Å². The summed E-state index contributed by atoms with van der Waals surface area (Å²) in [4.78, 5) is 36.6. The van der Waals surface area contributed by atoms with Gasteiger partial charge in [0, 0.05) is 30.5 Å². The summed E-state index contributed by atoms with van der Waals surface area (Å²) in [5, 5.41) is 15.0. The number of amides is 2. The van der Waals surface area contributed by atoms with E-state index in [9.17, 15) is 19.5 Å². The highest BCUT2D eigenvalue weighted by Crippen LogP contribution is 2.30. The number of benzene rings is 3. The maximum absolute atomic E-state index is 12.8. The zero-order chi connectivity index (χ0) is 28.0. The van der Waals surface area contributed by atoms with E-state index in [2.05, 4.69) is 24.7 Å². The molecule has 3 N–H and O–H groups in total. The summed E-state index contributed by atoms with van der Waals surface area (Å²) in [5.41, 5.74) is 4.76. The lowest BCUT2D eigenvalue weighted by molar-refractivity contribution is -0.896. The Bertz CT molecular complexity index is 1340. The molecule has 3 aromatic rings. The lowest BCUT2D eigenvalue weighted by Gasteiger charge is -2.36. The van der Waals surface area contributed by atoms with Crippen molar-refractivity contribution in [1.29, 1.82) is 0 Å². The van der Waals surface area contributed by atoms with Crippen LogP contribution in [0.5, 0.6) is 0 Å². The smallest absolute Gasteiger partial charge is 0.411 e. The number of hydrogen-bond acceptors (Lipinski definition) is 4. The number of rotatable bonds is 8. The first kappa shape index (κ1) is 27.9. The molecule has 0 atom stereocenters. The highest BCUT2D eigenvalue weighted by Gasteiger charge is 2.28. The van der Waals surface area contributed by atoms with Crippen molar-refractivity contribution in [2.75, 3.05) is 37.8 Å². The molecule has 1 fully saturated rings. The lowest BCUT2D eigenvalue weighted by atomic mass is 9.98. The van der Waals surface area contributed by atoms with Crippen LogP contribution in [0.4, 0.5) is 16.2 Å². The Morgan fingerprint density at radius 1 is 0.949 bits per heavy atom. The van der Waals surface area contributed by atoms with Gasteiger partial charge in [-0.1, -0.05) is 36.4 Å². The first-order valence-corrected chi connectivity index (χ1v) is 13.2. The van der Waals surface area contributed by atoms with Gasteiger partial charge < -0.3 is 19.6 Å². The largest absolute Gasteiger partial charge is 0.478 e. The zero-order valence-corrected chi connectivity index (χ0v) is 22.7. The predicted octanol–water partition coefficient (Wildman–Crippen LogP) is 5.72. The Morgan fingerprint density at radius 2 is 1.67 bits per heavy atom. The van der Waals surface area contributed by atoms with Crippen molar-refractivity contribution in [1.82, 2.24) is 0 Å². The Hall–Kier alpha value is -4.17. The van der Waals surface area contributed by atoms with E-state index in [1.165, 1.54) is 6.07 Å². The van der Waals surface area contributed by atoms with Crippen molar-refractivity contribution < 1.29 is 28.7 Å². The number of hydrogen-bond donors (Lipinski definition) is 3. The molecule has 2 amide bonds. The second-order valence-electron chi connectivity index (χ2n) is 10.7. The fraction of sp³-hybridized carbons (Fsp3) is 0.323. The maximum atomic E-state index is 12.8. The number of aryl methyl sites for hydroxylation is 2. The molecular weight excluding hydrogens is 494 g/mol. The van der Waals surface area contributed by atoms with Crippen molar-refractivity contribution in [3.8, 4) is 11.1 Å². The van der Waals surface area contributed by atoms with E-state index >= 15 is 0 Å². The summed E-state index contributed by atoms with van der Waals surface area (Å²) < 4.78 is 6.67. The molecule has 1 aliphatic heterocycles. The molecule has 204 valence electrons. The molecule has 1 saturated heterocycles. The topological polar surface area (TPSA) is 105 Å². The van der Waals surface area contributed by atoms with Gasteiger partial charge in [-0.05, 0) is 60.4 Å². The number of anilines is 2. The molecular formula is C31H36N3O5+. The molecule has 3 aromatic carbocycles. The Morgan fingerprint density at radius 3 is 2.33 bits per heavy atom. The number of likely N-dealkylation sites (tertiary alicyclic amines) is 1. The van der Waals surface area contributed by atoms with Crippen molar-refractivity contribution in [2.24, 2.45) is 0 Å². The van der Waals surface area contributed by atoms with Crippen molar-refractivity contribution in [3.05, 3.63) is 83.4 Å². The van der Waals surface area contributed by atoms with Crippen LogP contribution in [0.25, 0.3) is 11.1 Å². The van der Waals surface area contributed by atoms with E-state index in [-0.39, 0.29) is 24.0 Å². The van der Waals surface area contributed by atoms with Gasteiger partial charge in [0.15, 0.2) is 0 Å². The number of aromatic carboxylic acids is 1. The van der Waals surface area contributed by atoms with Gasteiger partial charge in [-0.25, -0.2) is 9.59 Å². The van der Waals surface area contributed by atoms with Gasteiger partial charge in [-0.15, -0.1) is 0 Å². The third-order valence-electron chi connectivity index (χ3n) is 7.17. The second kappa shape index (κ2) is 12.1. The summed E-state index contributed by atoms with van der Waals surface area (Å²) in [6.45, 7) is 3.65. The number of carboxylic acid groups (broad SMARTS) is 1. The van der Waals surface area contributed by atoms with Gasteiger partial charge in [0.2, 0.25) is 5.91 Å². The number of piperidine rings is 1. The molecule has 0 aromatic heterocycles. The molecule has 0 bridgehead atoms. The summed E-state index contributed by atoms with van der Waals surface area (Å²) in [6, 6.07) is 20.3. The summed E-state index contributed by atoms with van der Waals surface area (Å²) in [7, 11) is 4.38. The molecule has 0 saturated carbocycles. The lowest BCUT2D eigenvalue weighted by Crippen LogP contribution is -2.48. The Kier molecular flexibility index (Phi) is 8.66. The van der Waals surface area contributed by atoms with E-state index in [1.54, 1.807) is 19.1 Å². The molecule has 0 spiro atoms. The Balaban J connectivity index is 1.41. The molecule has 1 aliphatic rings. The SMILES string of the molecule is Cc1cc(NC(=O)CCc2ccc(NC(=O)OC3CC[N+](C)(C)CC3)c(-c3ccccc3)c2)ccc1C(=O)O. The van der Waals surface area contributed by atoms with Gasteiger partial charge in [-0.3, -0.25) is 10.1 Å². The molecule has 8 heteroatoms. The van der Waals surface area contributed by atoms with E-state index in [4.69, 9.17) is 4.74 Å². The minimum atomic E-state index is -0.997. The minimum Gasteiger partial charge on any atom is -0.478 e. The number of nitrogens with zero attached hydrogens (tertiary/aromatic N) is 1. The standard InChI is InChI=1S/C31H35N3O5/c1-21-19-24(11-12-26(21)30(36)37)32-29(35)14-10-22-9-13-28(27(20-22)23-7-5-4-6-8-23)33-31(38)39-25-15-17-34(2,3)18-16-25/h4-9,11-13,19-20,25H,10,14-18H2,1-3H3,(H2-,32,33,35,36,37,38)/p+1. The van der Waals surface area contributed by atoms with E-state index in [1.807, 2.05) is 48.5 Å². The molecule has 8 nitrogen and oxygen atoms in total. The van der Waals surface area contributed by atoms with Gasteiger partial charge >= 0.3 is 12.1 Å². The van der Waals surface area contributed by atoms with Crippen LogP contribution < -0.4 is 10.6 Å². The van der Waals surface area contributed by atoms with Crippen LogP contribution in [0, 0.1) is 6.92 Å². The van der Waals surface area contributed by atoms with Crippen LogP contribution in [-0.2, 0) is 16.0 Å². The fourth-order valence-electron chi connectivity index (χ4n) is 4.83. The number of ether oxygens (including phenoxy) is 1. The van der Waals surface area contributed by atoms with Crippen LogP contribution in [0.2, 0.25) is 0 Å². The third kappa shape index (κ3) is 7.67. The number of quaternary nitrogens is 1. The third-order valence-corrected chi connectivity index (χ3v) is 7.17. The summed E-state index contributed by atoms with van der Waals surface area (Å²) in [5.74, 6) is -1.16. The van der Waals surface area contributed by atoms with Gasteiger partial charge in [0.05, 0.1) is 38.4 Å². The predicted molar refractivity (Wildman–Crippen MR) is 152 cm³/mol. The van der Waals surface area contributed by atoms with Crippen molar-refractivity contribution in [3.63, 3.8) is 0 Å². The van der Waals surface area contributed by atoms with Gasteiger partial charge in [0.25, 0.3) is 0 Å². The average molecular weight is 531 g/mol. The minimum absolute atomic E-state index is 0.0850. The van der Waals surface area contributed by atoms with Crippen molar-refractivity contribution >= 4 is 29.3 Å². The average Bonchev–Trinajstić information content (AvgIpc) is 2.89. The molecule has 0 unspecified atom stereocenters. The van der Waals surface area contributed by atoms with E-state index in [0.717, 1.165) is 47.1 Å². The highest BCUT2D eigenvalue weighted by molar-refractivity contribution is 5.94. The zero-order valence-electron chi connectivity index (χ0n) is 22.7. The molecule has 0 aliphatic carbocycles. The van der Waals surface area contributed by atoms with Crippen LogP contribution in [0.15, 0.2) is 66.7 Å². The van der Waals surface area contributed by atoms with Gasteiger partial charge in [0.1, 0.15) is 6.10 Å².